The van der Waals surface area contributed by atoms with Crippen molar-refractivity contribution in [2.75, 3.05) is 39.3 Å². The summed E-state index contributed by atoms with van der Waals surface area (Å²) in [4.78, 5) is 25.8. The fourth-order valence-electron chi connectivity index (χ4n) is 3.43. The highest BCUT2D eigenvalue weighted by Crippen LogP contribution is 2.15. The molecule has 6 nitrogen and oxygen atoms in total. The number of rotatable bonds is 3. The van der Waals surface area contributed by atoms with Gasteiger partial charge in [-0.1, -0.05) is 12.1 Å². The van der Waals surface area contributed by atoms with Crippen molar-refractivity contribution < 1.29 is 9.53 Å². The number of hydrogen-bond acceptors (Lipinski definition) is 5. The van der Waals surface area contributed by atoms with Crippen LogP contribution in [0.25, 0.3) is 11.0 Å². The maximum atomic E-state index is 12.7. The largest absolute Gasteiger partial charge is 0.377 e. The van der Waals surface area contributed by atoms with Gasteiger partial charge in [0, 0.05) is 39.3 Å². The van der Waals surface area contributed by atoms with Gasteiger partial charge in [0.15, 0.2) is 0 Å². The highest BCUT2D eigenvalue weighted by Gasteiger charge is 2.26. The molecular formula is C18H22N4O2. The Labute approximate surface area is 141 Å². The molecule has 1 aromatic heterocycles. The van der Waals surface area contributed by atoms with E-state index in [0.29, 0.717) is 11.8 Å². The first kappa shape index (κ1) is 15.5. The highest BCUT2D eigenvalue weighted by molar-refractivity contribution is 5.93. The summed E-state index contributed by atoms with van der Waals surface area (Å²) in [6.45, 7) is 5.14. The Hall–Kier alpha value is -2.05. The summed E-state index contributed by atoms with van der Waals surface area (Å²) in [5, 5.41) is 0. The first-order valence-electron chi connectivity index (χ1n) is 8.64. The van der Waals surface area contributed by atoms with E-state index in [1.165, 1.54) is 6.42 Å². The number of hydrogen-bond donors (Lipinski definition) is 0. The molecule has 2 aliphatic rings. The first-order valence-corrected chi connectivity index (χ1v) is 8.64. The first-order chi connectivity index (χ1) is 11.8. The van der Waals surface area contributed by atoms with Crippen LogP contribution in [0.2, 0.25) is 0 Å². The van der Waals surface area contributed by atoms with Crippen molar-refractivity contribution in [1.82, 2.24) is 19.8 Å². The van der Waals surface area contributed by atoms with Gasteiger partial charge < -0.3 is 9.64 Å². The Morgan fingerprint density at radius 2 is 1.96 bits per heavy atom. The van der Waals surface area contributed by atoms with Gasteiger partial charge in [0.2, 0.25) is 0 Å². The molecule has 24 heavy (non-hydrogen) atoms. The van der Waals surface area contributed by atoms with Gasteiger partial charge >= 0.3 is 0 Å². The minimum absolute atomic E-state index is 0.0231. The molecule has 0 spiro atoms. The number of nitrogens with zero attached hydrogens (tertiary/aromatic N) is 4. The van der Waals surface area contributed by atoms with Crippen molar-refractivity contribution in [3.63, 3.8) is 0 Å². The van der Waals surface area contributed by atoms with Crippen LogP contribution in [0.15, 0.2) is 30.5 Å². The minimum Gasteiger partial charge on any atom is -0.377 e. The van der Waals surface area contributed by atoms with Crippen molar-refractivity contribution >= 4 is 16.9 Å². The van der Waals surface area contributed by atoms with Gasteiger partial charge in [0.05, 0.1) is 23.3 Å². The van der Waals surface area contributed by atoms with Gasteiger partial charge in [-0.2, -0.15) is 0 Å². The number of amides is 1. The molecule has 6 heteroatoms. The predicted octanol–water partition coefficient (Wildman–Crippen LogP) is 1.57. The molecule has 0 radical (unpaired) electrons. The maximum Gasteiger partial charge on any atom is 0.274 e. The predicted molar refractivity (Wildman–Crippen MR) is 90.9 cm³/mol. The van der Waals surface area contributed by atoms with Gasteiger partial charge in [-0.3, -0.25) is 14.7 Å². The zero-order valence-electron chi connectivity index (χ0n) is 13.7. The van der Waals surface area contributed by atoms with E-state index in [0.717, 1.165) is 56.8 Å². The fourth-order valence-corrected chi connectivity index (χ4v) is 3.43. The third-order valence-corrected chi connectivity index (χ3v) is 4.81. The van der Waals surface area contributed by atoms with Crippen LogP contribution < -0.4 is 0 Å². The van der Waals surface area contributed by atoms with E-state index in [1.54, 1.807) is 6.20 Å². The Bertz CT molecular complexity index is 722. The maximum absolute atomic E-state index is 12.7. The van der Waals surface area contributed by atoms with Crippen LogP contribution in [0.4, 0.5) is 0 Å². The van der Waals surface area contributed by atoms with Crippen molar-refractivity contribution in [3.8, 4) is 0 Å². The van der Waals surface area contributed by atoms with E-state index in [4.69, 9.17) is 4.74 Å². The van der Waals surface area contributed by atoms with Crippen molar-refractivity contribution in [3.05, 3.63) is 36.2 Å². The van der Waals surface area contributed by atoms with E-state index < -0.39 is 0 Å². The van der Waals surface area contributed by atoms with E-state index in [2.05, 4.69) is 14.9 Å². The molecule has 3 heterocycles. The summed E-state index contributed by atoms with van der Waals surface area (Å²) >= 11 is 0. The molecule has 0 N–H and O–H groups in total. The van der Waals surface area contributed by atoms with Gasteiger partial charge in [-0.25, -0.2) is 4.98 Å². The molecule has 2 fully saturated rings. The van der Waals surface area contributed by atoms with Crippen LogP contribution in [0.3, 0.4) is 0 Å². The summed E-state index contributed by atoms with van der Waals surface area (Å²) in [5.41, 5.74) is 2.01. The molecule has 2 saturated heterocycles. The van der Waals surface area contributed by atoms with Crippen LogP contribution in [-0.2, 0) is 4.74 Å². The molecule has 0 aliphatic carbocycles. The Morgan fingerprint density at radius 3 is 2.71 bits per heavy atom. The summed E-state index contributed by atoms with van der Waals surface area (Å²) in [7, 11) is 0. The topological polar surface area (TPSA) is 58.6 Å². The number of ether oxygens (including phenoxy) is 1. The summed E-state index contributed by atoms with van der Waals surface area (Å²) in [6.07, 6.45) is 4.29. The standard InChI is InChI=1S/C18H22N4O2/c23-18(17-12-19-15-5-1-2-6-16(15)20-17)22-9-7-21(8-10-22)13-14-4-3-11-24-14/h1-2,5-6,12,14H,3-4,7-11,13H2/t14-/m0/s1. The number of carbonyl (C=O) groups is 1. The lowest BCUT2D eigenvalue weighted by Gasteiger charge is -2.35. The molecule has 0 unspecified atom stereocenters. The Balaban J connectivity index is 1.38. The number of para-hydroxylation sites is 2. The van der Waals surface area contributed by atoms with Crippen LogP contribution >= 0.6 is 0 Å². The van der Waals surface area contributed by atoms with Gasteiger partial charge in [0.25, 0.3) is 5.91 Å². The van der Waals surface area contributed by atoms with Crippen molar-refractivity contribution in [2.24, 2.45) is 0 Å². The molecular weight excluding hydrogens is 304 g/mol. The second-order valence-corrected chi connectivity index (χ2v) is 6.47. The van der Waals surface area contributed by atoms with Crippen LogP contribution in [0, 0.1) is 0 Å². The smallest absolute Gasteiger partial charge is 0.274 e. The lowest BCUT2D eigenvalue weighted by atomic mass is 10.2. The van der Waals surface area contributed by atoms with Crippen LogP contribution in [0.1, 0.15) is 23.3 Å². The average molecular weight is 326 g/mol. The molecule has 1 atom stereocenters. The number of piperazine rings is 1. The zero-order valence-corrected chi connectivity index (χ0v) is 13.7. The number of carbonyl (C=O) groups excluding carboxylic acids is 1. The Morgan fingerprint density at radius 1 is 1.17 bits per heavy atom. The molecule has 2 aromatic rings. The minimum atomic E-state index is -0.0231. The normalized spacial score (nSPS) is 22.2. The van der Waals surface area contributed by atoms with Gasteiger partial charge in [0.1, 0.15) is 5.69 Å². The monoisotopic (exact) mass is 326 g/mol. The van der Waals surface area contributed by atoms with E-state index >= 15 is 0 Å². The third-order valence-electron chi connectivity index (χ3n) is 4.81. The second kappa shape index (κ2) is 6.83. The molecule has 2 aliphatic heterocycles. The number of benzene rings is 1. The number of fused-ring (bicyclic) bond motifs is 1. The lowest BCUT2D eigenvalue weighted by molar-refractivity contribution is 0.0430. The van der Waals surface area contributed by atoms with E-state index in [9.17, 15) is 4.79 Å². The van der Waals surface area contributed by atoms with E-state index in [1.807, 2.05) is 29.2 Å². The molecule has 126 valence electrons. The average Bonchev–Trinajstić information content (AvgIpc) is 3.14. The summed E-state index contributed by atoms with van der Waals surface area (Å²) in [5.74, 6) is -0.0231. The summed E-state index contributed by atoms with van der Waals surface area (Å²) < 4.78 is 5.70. The van der Waals surface area contributed by atoms with Crippen LogP contribution in [-0.4, -0.2) is 71.1 Å². The molecule has 1 amide bonds. The Kier molecular flexibility index (Phi) is 4.40. The third kappa shape index (κ3) is 3.25. The fraction of sp³-hybridized carbons (Fsp3) is 0.500. The quantitative estimate of drug-likeness (QED) is 0.857. The SMILES string of the molecule is O=C(c1cnc2ccccc2n1)N1CCN(C[C@@H]2CCCO2)CC1. The molecule has 4 rings (SSSR count). The van der Waals surface area contributed by atoms with Gasteiger partial charge in [-0.05, 0) is 25.0 Å². The van der Waals surface area contributed by atoms with Crippen LogP contribution in [0.5, 0.6) is 0 Å². The summed E-state index contributed by atoms with van der Waals surface area (Å²) in [6, 6.07) is 7.63. The second-order valence-electron chi connectivity index (χ2n) is 6.47. The van der Waals surface area contributed by atoms with Crippen molar-refractivity contribution in [1.29, 1.82) is 0 Å². The number of aromatic nitrogens is 2. The molecule has 0 bridgehead atoms. The van der Waals surface area contributed by atoms with Crippen molar-refractivity contribution in [2.45, 2.75) is 18.9 Å². The zero-order chi connectivity index (χ0) is 16.4. The highest BCUT2D eigenvalue weighted by atomic mass is 16.5. The van der Waals surface area contributed by atoms with Gasteiger partial charge in [-0.15, -0.1) is 0 Å². The molecule has 1 aromatic carbocycles. The lowest BCUT2D eigenvalue weighted by Crippen LogP contribution is -2.50. The molecule has 0 saturated carbocycles. The van der Waals surface area contributed by atoms with E-state index in [-0.39, 0.29) is 5.91 Å².